The van der Waals surface area contributed by atoms with Crippen LogP contribution in [-0.4, -0.2) is 38.5 Å². The topological polar surface area (TPSA) is 96.5 Å². The van der Waals surface area contributed by atoms with Crippen molar-refractivity contribution in [2.24, 2.45) is 5.92 Å². The molecule has 0 bridgehead atoms. The van der Waals surface area contributed by atoms with Crippen LogP contribution in [0.2, 0.25) is 0 Å². The highest BCUT2D eigenvalue weighted by atomic mass is 32.2. The Balaban J connectivity index is 1.81. The Morgan fingerprint density at radius 2 is 1.86 bits per heavy atom. The smallest absolute Gasteiger partial charge is 0.307 e. The van der Waals surface area contributed by atoms with E-state index in [2.05, 4.69) is 22.3 Å². The number of sulfonamides is 1. The number of anilines is 1. The van der Waals surface area contributed by atoms with Crippen LogP contribution in [0.4, 0.5) is 5.69 Å². The van der Waals surface area contributed by atoms with Gasteiger partial charge in [0.1, 0.15) is 11.8 Å². The number of carbonyl (C=O) groups excluding carboxylic acids is 1. The zero-order valence-electron chi connectivity index (χ0n) is 17.4. The summed E-state index contributed by atoms with van der Waals surface area (Å²) in [5.41, 5.74) is 3.28. The number of carbonyl (C=O) groups is 1. The van der Waals surface area contributed by atoms with E-state index in [-0.39, 0.29) is 24.1 Å². The maximum Gasteiger partial charge on any atom is 0.307 e. The minimum atomic E-state index is -3.31. The normalized spacial score (nSPS) is 24.1. The number of allylic oxidation sites excluding steroid dienone is 2. The number of nitrogens with one attached hydrogen (secondary N) is 3. The quantitative estimate of drug-likeness (QED) is 0.635. The first-order chi connectivity index (χ1) is 13.4. The first kappa shape index (κ1) is 21.4. The molecule has 7 nitrogen and oxygen atoms in total. The number of rotatable bonds is 5. The Morgan fingerprint density at radius 3 is 2.45 bits per heavy atom. The molecule has 2 aliphatic heterocycles. The molecule has 8 heteroatoms. The second-order valence-corrected chi connectivity index (χ2v) is 10.4. The monoisotopic (exact) mass is 419 g/mol. The molecule has 3 N–H and O–H groups in total. The van der Waals surface area contributed by atoms with Crippen LogP contribution in [0.1, 0.15) is 39.7 Å². The highest BCUT2D eigenvalue weighted by Gasteiger charge is 2.39. The number of hydrogen-bond donors (Lipinski definition) is 3. The molecule has 2 aliphatic rings. The summed E-state index contributed by atoms with van der Waals surface area (Å²) in [4.78, 5) is 12.3. The second kappa shape index (κ2) is 7.84. The minimum Gasteiger partial charge on any atom is -0.460 e. The molecule has 0 spiro atoms. The average molecular weight is 420 g/mol. The van der Waals surface area contributed by atoms with E-state index in [1.54, 1.807) is 12.1 Å². The molecular weight excluding hydrogens is 390 g/mol. The molecule has 0 aromatic heterocycles. The third-order valence-corrected chi connectivity index (χ3v) is 5.52. The van der Waals surface area contributed by atoms with Gasteiger partial charge < -0.3 is 10.1 Å². The predicted molar refractivity (Wildman–Crippen MR) is 114 cm³/mol. The summed E-state index contributed by atoms with van der Waals surface area (Å²) in [7, 11) is -3.31. The van der Waals surface area contributed by atoms with Crippen molar-refractivity contribution < 1.29 is 17.9 Å². The highest BCUT2D eigenvalue weighted by molar-refractivity contribution is 7.92. The van der Waals surface area contributed by atoms with E-state index in [0.717, 1.165) is 17.4 Å². The molecule has 0 saturated carbocycles. The number of benzene rings is 1. The van der Waals surface area contributed by atoms with Crippen molar-refractivity contribution in [3.05, 3.63) is 47.7 Å². The Hall–Kier alpha value is -2.32. The molecule has 1 aromatic rings. The third-order valence-electron chi connectivity index (χ3n) is 4.92. The van der Waals surface area contributed by atoms with Crippen molar-refractivity contribution in [3.8, 4) is 0 Å². The van der Waals surface area contributed by atoms with Crippen molar-refractivity contribution in [2.75, 3.05) is 11.0 Å². The number of fused-ring (bicyclic) bond motifs is 1. The fourth-order valence-electron chi connectivity index (χ4n) is 3.78. The highest BCUT2D eigenvalue weighted by Crippen LogP contribution is 2.37. The number of hydrogen-bond acceptors (Lipinski definition) is 6. The maximum absolute atomic E-state index is 12.3. The minimum absolute atomic E-state index is 0.0292. The van der Waals surface area contributed by atoms with Crippen LogP contribution in [0.25, 0.3) is 5.57 Å². The SMILES string of the molecule is CC1C2=C(c3ccc(NS(C)(=O)=O)cc3)C=CNC2NC1CC(=O)OC(C)(C)C. The summed E-state index contributed by atoms with van der Waals surface area (Å²) in [6.07, 6.45) is 5.28. The lowest BCUT2D eigenvalue weighted by atomic mass is 9.87. The fraction of sp³-hybridized carbons (Fsp3) is 0.476. The second-order valence-electron chi connectivity index (χ2n) is 8.61. The molecule has 1 aromatic carbocycles. The molecule has 3 rings (SSSR count). The molecule has 3 unspecified atom stereocenters. The molecule has 0 aliphatic carbocycles. The molecular formula is C21H29N3O4S. The molecule has 0 radical (unpaired) electrons. The van der Waals surface area contributed by atoms with E-state index in [4.69, 9.17) is 4.74 Å². The summed E-state index contributed by atoms with van der Waals surface area (Å²) >= 11 is 0. The summed E-state index contributed by atoms with van der Waals surface area (Å²) < 4.78 is 30.8. The van der Waals surface area contributed by atoms with Crippen LogP contribution in [0.3, 0.4) is 0 Å². The molecule has 29 heavy (non-hydrogen) atoms. The number of esters is 1. The first-order valence-corrected chi connectivity index (χ1v) is 11.5. The average Bonchev–Trinajstić information content (AvgIpc) is 2.88. The largest absolute Gasteiger partial charge is 0.460 e. The Bertz CT molecular complexity index is 943. The van der Waals surface area contributed by atoms with Crippen molar-refractivity contribution in [1.29, 1.82) is 0 Å². The van der Waals surface area contributed by atoms with Gasteiger partial charge in [-0.05, 0) is 67.8 Å². The van der Waals surface area contributed by atoms with Gasteiger partial charge in [0.15, 0.2) is 0 Å². The lowest BCUT2D eigenvalue weighted by Crippen LogP contribution is -2.41. The molecule has 158 valence electrons. The van der Waals surface area contributed by atoms with Gasteiger partial charge in [-0.25, -0.2) is 8.42 Å². The van der Waals surface area contributed by atoms with Gasteiger partial charge in [-0.2, -0.15) is 0 Å². The summed E-state index contributed by atoms with van der Waals surface area (Å²) in [6.45, 7) is 7.71. The van der Waals surface area contributed by atoms with Gasteiger partial charge in [-0.1, -0.05) is 19.1 Å². The molecule has 0 amide bonds. The molecule has 1 fully saturated rings. The molecule has 1 saturated heterocycles. The van der Waals surface area contributed by atoms with Crippen molar-refractivity contribution in [2.45, 2.75) is 51.9 Å². The van der Waals surface area contributed by atoms with Gasteiger partial charge in [-0.15, -0.1) is 0 Å². The van der Waals surface area contributed by atoms with Crippen molar-refractivity contribution >= 4 is 27.3 Å². The Kier molecular flexibility index (Phi) is 5.78. The molecule has 3 atom stereocenters. The third kappa shape index (κ3) is 5.39. The van der Waals surface area contributed by atoms with Crippen molar-refractivity contribution in [3.63, 3.8) is 0 Å². The van der Waals surface area contributed by atoms with E-state index in [1.807, 2.05) is 45.2 Å². The lowest BCUT2D eigenvalue weighted by Gasteiger charge is -2.23. The van der Waals surface area contributed by atoms with Crippen LogP contribution in [-0.2, 0) is 19.6 Å². The van der Waals surface area contributed by atoms with Crippen LogP contribution < -0.4 is 15.4 Å². The summed E-state index contributed by atoms with van der Waals surface area (Å²) in [5.74, 6) is -0.0828. The van der Waals surface area contributed by atoms with Crippen molar-refractivity contribution in [1.82, 2.24) is 10.6 Å². The van der Waals surface area contributed by atoms with E-state index in [0.29, 0.717) is 12.1 Å². The van der Waals surface area contributed by atoms with Gasteiger partial charge in [0.25, 0.3) is 0 Å². The fourth-order valence-corrected chi connectivity index (χ4v) is 4.35. The van der Waals surface area contributed by atoms with Gasteiger partial charge in [0.2, 0.25) is 10.0 Å². The van der Waals surface area contributed by atoms with E-state index >= 15 is 0 Å². The van der Waals surface area contributed by atoms with Crippen LogP contribution in [0.15, 0.2) is 42.1 Å². The molecule has 2 heterocycles. The summed E-state index contributed by atoms with van der Waals surface area (Å²) in [6, 6.07) is 7.27. The van der Waals surface area contributed by atoms with Gasteiger partial charge in [0, 0.05) is 11.7 Å². The van der Waals surface area contributed by atoms with E-state index < -0.39 is 15.6 Å². The van der Waals surface area contributed by atoms with Gasteiger partial charge in [0.05, 0.1) is 12.7 Å². The predicted octanol–water partition coefficient (Wildman–Crippen LogP) is 2.59. The van der Waals surface area contributed by atoms with Gasteiger partial charge in [-0.3, -0.25) is 14.8 Å². The van der Waals surface area contributed by atoms with Gasteiger partial charge >= 0.3 is 5.97 Å². The lowest BCUT2D eigenvalue weighted by molar-refractivity contribution is -0.155. The van der Waals surface area contributed by atoms with Crippen LogP contribution in [0, 0.1) is 5.92 Å². The van der Waals surface area contributed by atoms with E-state index in [9.17, 15) is 13.2 Å². The van der Waals surface area contributed by atoms with Crippen LogP contribution >= 0.6 is 0 Å². The zero-order valence-corrected chi connectivity index (χ0v) is 18.3. The number of ether oxygens (including phenoxy) is 1. The maximum atomic E-state index is 12.3. The standard InChI is InChI=1S/C21H29N3O4S/c1-13-17(12-18(25)28-21(2,3)4)23-20-19(13)16(10-11-22-20)14-6-8-15(9-7-14)24-29(5,26)27/h6-11,13,17,20,22-24H,12H2,1-5H3. The Morgan fingerprint density at radius 1 is 1.21 bits per heavy atom. The van der Waals surface area contributed by atoms with Crippen LogP contribution in [0.5, 0.6) is 0 Å². The summed E-state index contributed by atoms with van der Waals surface area (Å²) in [5, 5.41) is 6.80. The van der Waals surface area contributed by atoms with E-state index in [1.165, 1.54) is 5.57 Å². The zero-order chi connectivity index (χ0) is 21.4. The Labute approximate surface area is 172 Å². The first-order valence-electron chi connectivity index (χ1n) is 9.66. The number of dihydropyridines is 1.